The minimum Gasteiger partial charge on any atom is -0.507 e. The van der Waals surface area contributed by atoms with Crippen LogP contribution in [0.1, 0.15) is 0 Å². The molecule has 0 aliphatic rings. The zero-order valence-corrected chi connectivity index (χ0v) is 13.4. The van der Waals surface area contributed by atoms with E-state index in [0.717, 1.165) is 14.8 Å². The molecule has 0 aliphatic carbocycles. The molecule has 1 aromatic heterocycles. The summed E-state index contributed by atoms with van der Waals surface area (Å²) < 4.78 is 0.955. The number of aromatic hydroxyl groups is 1. The number of phenolic OH excluding ortho intramolecular Hbond substituents is 1. The van der Waals surface area contributed by atoms with Crippen molar-refractivity contribution < 1.29 is 5.11 Å². The molecule has 2 aromatic carbocycles. The number of aromatic nitrogens is 2. The summed E-state index contributed by atoms with van der Waals surface area (Å²) in [5.41, 5.74) is 12.0. The molecule has 0 radical (unpaired) electrons. The van der Waals surface area contributed by atoms with Gasteiger partial charge in [-0.15, -0.1) is 0 Å². The van der Waals surface area contributed by atoms with Gasteiger partial charge in [-0.05, 0) is 64.0 Å². The van der Waals surface area contributed by atoms with Crippen molar-refractivity contribution in [1.29, 1.82) is 0 Å². The second-order valence-electron chi connectivity index (χ2n) is 4.57. The van der Waals surface area contributed by atoms with E-state index in [2.05, 4.69) is 42.8 Å². The van der Waals surface area contributed by atoms with Gasteiger partial charge in [0.1, 0.15) is 5.75 Å². The highest BCUT2D eigenvalue weighted by atomic mass is 127. The molecule has 0 amide bonds. The van der Waals surface area contributed by atoms with Gasteiger partial charge in [-0.25, -0.2) is 0 Å². The van der Waals surface area contributed by atoms with Gasteiger partial charge in [-0.2, -0.15) is 5.10 Å². The van der Waals surface area contributed by atoms with E-state index < -0.39 is 0 Å². The maximum absolute atomic E-state index is 10.0. The van der Waals surface area contributed by atoms with Crippen molar-refractivity contribution in [2.24, 2.45) is 5.11 Å². The van der Waals surface area contributed by atoms with Crippen molar-refractivity contribution in [1.82, 2.24) is 10.2 Å². The molecule has 1 heterocycles. The summed E-state index contributed by atoms with van der Waals surface area (Å²) in [4.78, 5) is 2.78. The normalized spacial score (nSPS) is 10.2. The first kappa shape index (κ1) is 14.4. The van der Waals surface area contributed by atoms with Gasteiger partial charge in [0, 0.05) is 19.7 Å². The lowest BCUT2D eigenvalue weighted by atomic mass is 10.1. The molecule has 3 rings (SSSR count). The van der Waals surface area contributed by atoms with Gasteiger partial charge in [0.2, 0.25) is 0 Å². The first-order valence-electron chi connectivity index (χ1n) is 6.37. The van der Waals surface area contributed by atoms with Gasteiger partial charge in [0.25, 0.3) is 0 Å². The summed E-state index contributed by atoms with van der Waals surface area (Å²) in [5, 5.41) is 20.8. The predicted molar refractivity (Wildman–Crippen MR) is 92.6 cm³/mol. The van der Waals surface area contributed by atoms with Gasteiger partial charge < -0.3 is 5.11 Å². The molecule has 7 heteroatoms. The van der Waals surface area contributed by atoms with E-state index in [1.54, 1.807) is 18.2 Å². The van der Waals surface area contributed by atoms with Gasteiger partial charge in [-0.1, -0.05) is 23.3 Å². The summed E-state index contributed by atoms with van der Waals surface area (Å²) in [6.07, 6.45) is 0. The Bertz CT molecular complexity index is 883. The maximum atomic E-state index is 10.0. The van der Waals surface area contributed by atoms with Crippen LogP contribution in [0.5, 0.6) is 5.75 Å². The number of benzene rings is 2. The van der Waals surface area contributed by atoms with Crippen LogP contribution in [0, 0.1) is 3.57 Å². The number of nitrogens with zero attached hydrogens (tertiary/aromatic N) is 4. The highest BCUT2D eigenvalue weighted by molar-refractivity contribution is 14.1. The van der Waals surface area contributed by atoms with E-state index in [0.29, 0.717) is 16.9 Å². The molecule has 108 valence electrons. The Balaban J connectivity index is 2.00. The topological polar surface area (TPSA) is 97.7 Å². The number of azide groups is 1. The van der Waals surface area contributed by atoms with Gasteiger partial charge in [0.15, 0.2) is 0 Å². The highest BCUT2D eigenvalue weighted by Crippen LogP contribution is 2.32. The third-order valence-electron chi connectivity index (χ3n) is 3.13. The fraction of sp³-hybridized carbons (Fsp3) is 0. The van der Waals surface area contributed by atoms with Crippen LogP contribution in [0.3, 0.4) is 0 Å². The zero-order valence-electron chi connectivity index (χ0n) is 11.2. The van der Waals surface area contributed by atoms with Crippen LogP contribution in [0.2, 0.25) is 0 Å². The van der Waals surface area contributed by atoms with E-state index in [-0.39, 0.29) is 5.75 Å². The minimum atomic E-state index is 0.188. The molecule has 2 N–H and O–H groups in total. The number of aromatic amines is 1. The van der Waals surface area contributed by atoms with E-state index in [9.17, 15) is 5.11 Å². The Morgan fingerprint density at radius 3 is 2.82 bits per heavy atom. The summed E-state index contributed by atoms with van der Waals surface area (Å²) >= 11 is 2.14. The molecule has 0 atom stereocenters. The molecule has 22 heavy (non-hydrogen) atoms. The molecule has 0 saturated carbocycles. The molecule has 0 spiro atoms. The van der Waals surface area contributed by atoms with Crippen molar-refractivity contribution in [2.75, 3.05) is 0 Å². The molecule has 0 fully saturated rings. The molecule has 0 bridgehead atoms. The summed E-state index contributed by atoms with van der Waals surface area (Å²) in [5.74, 6) is 0.188. The number of nitrogens with one attached hydrogen (secondary N) is 1. The number of halogens is 1. The van der Waals surface area contributed by atoms with Crippen LogP contribution in [0.25, 0.3) is 33.0 Å². The second kappa shape index (κ2) is 6.08. The quantitative estimate of drug-likeness (QED) is 0.279. The highest BCUT2D eigenvalue weighted by Gasteiger charge is 2.10. The largest absolute Gasteiger partial charge is 0.507 e. The van der Waals surface area contributed by atoms with Gasteiger partial charge in [0.05, 0.1) is 11.4 Å². The number of H-pyrrole nitrogens is 1. The zero-order chi connectivity index (χ0) is 15.5. The lowest BCUT2D eigenvalue weighted by Crippen LogP contribution is -1.80. The van der Waals surface area contributed by atoms with E-state index >= 15 is 0 Å². The third kappa shape index (κ3) is 2.90. The molecule has 3 aromatic rings. The smallest absolute Gasteiger partial charge is 0.126 e. The summed E-state index contributed by atoms with van der Waals surface area (Å²) in [6.45, 7) is 0. The first-order valence-corrected chi connectivity index (χ1v) is 7.45. The minimum absolute atomic E-state index is 0.188. The van der Waals surface area contributed by atoms with Crippen molar-refractivity contribution in [3.05, 3.63) is 62.5 Å². The second-order valence-corrected chi connectivity index (χ2v) is 5.81. The van der Waals surface area contributed by atoms with Crippen LogP contribution < -0.4 is 0 Å². The Morgan fingerprint density at radius 1 is 1.18 bits per heavy atom. The van der Waals surface area contributed by atoms with E-state index in [4.69, 9.17) is 5.53 Å². The number of rotatable bonds is 3. The Hall–Kier alpha value is -2.51. The summed E-state index contributed by atoms with van der Waals surface area (Å²) in [6, 6.07) is 14.5. The van der Waals surface area contributed by atoms with Crippen LogP contribution in [0.4, 0.5) is 5.69 Å². The van der Waals surface area contributed by atoms with Crippen molar-refractivity contribution in [2.45, 2.75) is 0 Å². The van der Waals surface area contributed by atoms with E-state index in [1.165, 1.54) is 0 Å². The van der Waals surface area contributed by atoms with E-state index in [1.807, 2.05) is 30.3 Å². The third-order valence-corrected chi connectivity index (χ3v) is 3.80. The van der Waals surface area contributed by atoms with Crippen LogP contribution in [-0.4, -0.2) is 15.3 Å². The van der Waals surface area contributed by atoms with Crippen molar-refractivity contribution in [3.8, 4) is 28.3 Å². The summed E-state index contributed by atoms with van der Waals surface area (Å²) in [7, 11) is 0. The average Bonchev–Trinajstić information content (AvgIpc) is 2.97. The number of phenols is 1. The molecule has 0 saturated heterocycles. The first-order chi connectivity index (χ1) is 10.7. The standard InChI is InChI=1S/C15H10IN5O/c16-10-4-5-12(15(22)7-10)14-8-13(19-20-14)9-2-1-3-11(6-9)18-21-17/h1-8,22H,(H,19,20). The monoisotopic (exact) mass is 403 g/mol. The van der Waals surface area contributed by atoms with Crippen molar-refractivity contribution in [3.63, 3.8) is 0 Å². The lowest BCUT2D eigenvalue weighted by Gasteiger charge is -2.01. The maximum Gasteiger partial charge on any atom is 0.126 e. The van der Waals surface area contributed by atoms with Gasteiger partial charge >= 0.3 is 0 Å². The number of hydrogen-bond acceptors (Lipinski definition) is 3. The fourth-order valence-electron chi connectivity index (χ4n) is 2.12. The lowest BCUT2D eigenvalue weighted by molar-refractivity contribution is 0.476. The average molecular weight is 403 g/mol. The van der Waals surface area contributed by atoms with Crippen LogP contribution >= 0.6 is 22.6 Å². The Kier molecular flexibility index (Phi) is 3.99. The molecule has 0 aliphatic heterocycles. The van der Waals surface area contributed by atoms with Crippen molar-refractivity contribution >= 4 is 28.3 Å². The Morgan fingerprint density at radius 2 is 2.05 bits per heavy atom. The Labute approximate surface area is 139 Å². The van der Waals surface area contributed by atoms with Crippen LogP contribution in [-0.2, 0) is 0 Å². The molecule has 6 nitrogen and oxygen atoms in total. The van der Waals surface area contributed by atoms with Crippen LogP contribution in [0.15, 0.2) is 53.6 Å². The predicted octanol–water partition coefficient (Wildman–Crippen LogP) is 5.00. The molecular weight excluding hydrogens is 393 g/mol. The number of hydrogen-bond donors (Lipinski definition) is 2. The van der Waals surface area contributed by atoms with Gasteiger partial charge in [-0.3, -0.25) is 5.10 Å². The molecule has 0 unspecified atom stereocenters. The molecular formula is C15H10IN5O. The fourth-order valence-corrected chi connectivity index (χ4v) is 2.59. The SMILES string of the molecule is [N-]=[N+]=Nc1cccc(-c2cc(-c3ccc(I)cc3O)n[nH]2)c1.